The van der Waals surface area contributed by atoms with Crippen LogP contribution in [0.3, 0.4) is 0 Å². The summed E-state index contributed by atoms with van der Waals surface area (Å²) in [6.45, 7) is 1.68. The molecule has 0 spiro atoms. The summed E-state index contributed by atoms with van der Waals surface area (Å²) in [5.41, 5.74) is 3.72. The second-order valence-corrected chi connectivity index (χ2v) is 7.28. The lowest BCUT2D eigenvalue weighted by molar-refractivity contribution is -0.135. The minimum Gasteiger partial charge on any atom is -0.497 e. The van der Waals surface area contributed by atoms with Crippen LogP contribution < -0.4 is 10.1 Å². The molecule has 0 bridgehead atoms. The molecule has 2 unspecified atom stereocenters. The number of amides is 1. The van der Waals surface area contributed by atoms with Crippen molar-refractivity contribution in [3.63, 3.8) is 0 Å². The summed E-state index contributed by atoms with van der Waals surface area (Å²) in [5, 5.41) is 3.45. The Labute approximate surface area is 155 Å². The van der Waals surface area contributed by atoms with Crippen LogP contribution >= 0.6 is 0 Å². The van der Waals surface area contributed by atoms with E-state index in [1.165, 1.54) is 23.1 Å². The van der Waals surface area contributed by atoms with Gasteiger partial charge in [-0.1, -0.05) is 36.4 Å². The highest BCUT2D eigenvalue weighted by molar-refractivity contribution is 5.78. The average Bonchev–Trinajstić information content (AvgIpc) is 3.20. The molecule has 1 fully saturated rings. The average molecular weight is 350 g/mol. The Bertz CT molecular complexity index is 769. The molecule has 4 nitrogen and oxygen atoms in total. The maximum Gasteiger partial charge on any atom is 0.224 e. The number of ether oxygens (including phenoxy) is 1. The molecule has 2 aromatic rings. The van der Waals surface area contributed by atoms with Gasteiger partial charge in [0.2, 0.25) is 5.91 Å². The molecule has 2 aliphatic heterocycles. The van der Waals surface area contributed by atoms with Gasteiger partial charge in [0.15, 0.2) is 0 Å². The van der Waals surface area contributed by atoms with Gasteiger partial charge in [-0.15, -0.1) is 0 Å². The zero-order chi connectivity index (χ0) is 17.9. The smallest absolute Gasteiger partial charge is 0.224 e. The first-order valence-corrected chi connectivity index (χ1v) is 9.48. The molecule has 4 heteroatoms. The maximum absolute atomic E-state index is 13.2. The molecule has 0 saturated carbocycles. The Morgan fingerprint density at radius 3 is 2.77 bits per heavy atom. The number of carbonyl (C=O) groups excluding carboxylic acids is 1. The summed E-state index contributed by atoms with van der Waals surface area (Å²) in [6.07, 6.45) is 3.70. The van der Waals surface area contributed by atoms with Crippen LogP contribution in [-0.2, 0) is 17.8 Å². The fraction of sp³-hybridized carbons (Fsp3) is 0.409. The SMILES string of the molecule is COc1ccc2c(c1)CN(C(=O)CC1CCCN1)C(c1ccccc1)C2. The number of nitrogens with one attached hydrogen (secondary N) is 1. The molecule has 2 atom stereocenters. The fourth-order valence-electron chi connectivity index (χ4n) is 4.18. The maximum atomic E-state index is 13.2. The van der Waals surface area contributed by atoms with E-state index in [1.54, 1.807) is 7.11 Å². The molecular formula is C22H26N2O2. The Hall–Kier alpha value is -2.33. The number of hydrogen-bond donors (Lipinski definition) is 1. The Morgan fingerprint density at radius 2 is 2.04 bits per heavy atom. The summed E-state index contributed by atoms with van der Waals surface area (Å²) in [7, 11) is 1.69. The molecule has 0 radical (unpaired) electrons. The predicted octanol–water partition coefficient (Wildman–Crippen LogP) is 3.46. The van der Waals surface area contributed by atoms with Gasteiger partial charge in [-0.3, -0.25) is 4.79 Å². The van der Waals surface area contributed by atoms with E-state index in [1.807, 2.05) is 12.1 Å². The summed E-state index contributed by atoms with van der Waals surface area (Å²) < 4.78 is 5.38. The number of fused-ring (bicyclic) bond motifs is 1. The minimum absolute atomic E-state index is 0.103. The van der Waals surface area contributed by atoms with E-state index in [9.17, 15) is 4.79 Å². The van der Waals surface area contributed by atoms with E-state index in [0.29, 0.717) is 19.0 Å². The van der Waals surface area contributed by atoms with E-state index >= 15 is 0 Å². The van der Waals surface area contributed by atoms with Crippen molar-refractivity contribution in [1.29, 1.82) is 0 Å². The van der Waals surface area contributed by atoms with Crippen molar-refractivity contribution in [2.75, 3.05) is 13.7 Å². The Morgan fingerprint density at radius 1 is 1.19 bits per heavy atom. The van der Waals surface area contributed by atoms with E-state index in [4.69, 9.17) is 4.74 Å². The fourth-order valence-corrected chi connectivity index (χ4v) is 4.18. The van der Waals surface area contributed by atoms with Crippen molar-refractivity contribution in [3.05, 3.63) is 65.2 Å². The summed E-state index contributed by atoms with van der Waals surface area (Å²) in [4.78, 5) is 15.2. The van der Waals surface area contributed by atoms with E-state index in [0.717, 1.165) is 25.1 Å². The third-order valence-electron chi connectivity index (χ3n) is 5.63. The molecule has 4 rings (SSSR count). The first-order valence-electron chi connectivity index (χ1n) is 9.48. The van der Waals surface area contributed by atoms with Gasteiger partial charge in [0, 0.05) is 19.0 Å². The quantitative estimate of drug-likeness (QED) is 0.918. The lowest BCUT2D eigenvalue weighted by Crippen LogP contribution is -2.41. The predicted molar refractivity (Wildman–Crippen MR) is 102 cm³/mol. The van der Waals surface area contributed by atoms with Crippen LogP contribution in [0.25, 0.3) is 0 Å². The van der Waals surface area contributed by atoms with Gasteiger partial charge >= 0.3 is 0 Å². The molecule has 0 aromatic heterocycles. The molecule has 2 heterocycles. The van der Waals surface area contributed by atoms with E-state index < -0.39 is 0 Å². The Kier molecular flexibility index (Phi) is 4.93. The van der Waals surface area contributed by atoms with Crippen LogP contribution in [0.1, 0.15) is 42.0 Å². The van der Waals surface area contributed by atoms with Crippen LogP contribution in [0.5, 0.6) is 5.75 Å². The van der Waals surface area contributed by atoms with Crippen LogP contribution in [0.4, 0.5) is 0 Å². The lowest BCUT2D eigenvalue weighted by atomic mass is 9.89. The van der Waals surface area contributed by atoms with Gasteiger partial charge in [0.1, 0.15) is 5.75 Å². The van der Waals surface area contributed by atoms with Crippen molar-refractivity contribution < 1.29 is 9.53 Å². The van der Waals surface area contributed by atoms with E-state index in [2.05, 4.69) is 46.6 Å². The van der Waals surface area contributed by atoms with E-state index in [-0.39, 0.29) is 11.9 Å². The lowest BCUT2D eigenvalue weighted by Gasteiger charge is -2.38. The molecule has 1 N–H and O–H groups in total. The second kappa shape index (κ2) is 7.50. The Balaban J connectivity index is 1.63. The minimum atomic E-state index is 0.103. The second-order valence-electron chi connectivity index (χ2n) is 7.28. The van der Waals surface area contributed by atoms with Crippen molar-refractivity contribution in [1.82, 2.24) is 10.2 Å². The molecule has 1 amide bonds. The largest absolute Gasteiger partial charge is 0.497 e. The van der Waals surface area contributed by atoms with Crippen LogP contribution in [0, 0.1) is 0 Å². The van der Waals surface area contributed by atoms with Crippen molar-refractivity contribution in [2.24, 2.45) is 0 Å². The third-order valence-corrected chi connectivity index (χ3v) is 5.63. The number of methoxy groups -OCH3 is 1. The first kappa shape index (κ1) is 17.1. The number of carbonyl (C=O) groups is 1. The highest BCUT2D eigenvalue weighted by atomic mass is 16.5. The summed E-state index contributed by atoms with van der Waals surface area (Å²) in [6, 6.07) is 17.1. The van der Waals surface area contributed by atoms with Gasteiger partial charge in [-0.05, 0) is 54.6 Å². The summed E-state index contributed by atoms with van der Waals surface area (Å²) >= 11 is 0. The molecule has 26 heavy (non-hydrogen) atoms. The molecule has 1 saturated heterocycles. The number of nitrogens with zero attached hydrogens (tertiary/aromatic N) is 1. The highest BCUT2D eigenvalue weighted by Crippen LogP contribution is 2.35. The van der Waals surface area contributed by atoms with Crippen LogP contribution in [0.15, 0.2) is 48.5 Å². The van der Waals surface area contributed by atoms with Gasteiger partial charge in [-0.25, -0.2) is 0 Å². The molecule has 2 aromatic carbocycles. The number of rotatable bonds is 4. The normalized spacial score (nSPS) is 22.1. The topological polar surface area (TPSA) is 41.6 Å². The van der Waals surface area contributed by atoms with Gasteiger partial charge in [0.05, 0.1) is 13.2 Å². The van der Waals surface area contributed by atoms with Crippen molar-refractivity contribution in [3.8, 4) is 5.75 Å². The van der Waals surface area contributed by atoms with Gasteiger partial charge < -0.3 is 15.0 Å². The van der Waals surface area contributed by atoms with Crippen LogP contribution in [0.2, 0.25) is 0 Å². The van der Waals surface area contributed by atoms with Crippen molar-refractivity contribution in [2.45, 2.75) is 44.3 Å². The van der Waals surface area contributed by atoms with Gasteiger partial charge in [-0.2, -0.15) is 0 Å². The zero-order valence-electron chi connectivity index (χ0n) is 15.3. The highest BCUT2D eigenvalue weighted by Gasteiger charge is 2.32. The van der Waals surface area contributed by atoms with Gasteiger partial charge in [0.25, 0.3) is 0 Å². The molecule has 2 aliphatic rings. The number of hydrogen-bond acceptors (Lipinski definition) is 3. The molecular weight excluding hydrogens is 324 g/mol. The molecule has 136 valence electrons. The third kappa shape index (κ3) is 3.47. The standard InChI is InChI=1S/C22H26N2O2/c1-26-20-10-9-17-13-21(16-6-3-2-4-7-16)24(15-18(17)12-20)22(25)14-19-8-5-11-23-19/h2-4,6-7,9-10,12,19,21,23H,5,8,11,13-15H2,1H3. The summed E-state index contributed by atoms with van der Waals surface area (Å²) in [5.74, 6) is 1.10. The first-order chi connectivity index (χ1) is 12.7. The van der Waals surface area contributed by atoms with Crippen LogP contribution in [-0.4, -0.2) is 30.5 Å². The van der Waals surface area contributed by atoms with Crippen molar-refractivity contribution >= 4 is 5.91 Å². The number of benzene rings is 2. The molecule has 0 aliphatic carbocycles. The zero-order valence-corrected chi connectivity index (χ0v) is 15.3. The monoisotopic (exact) mass is 350 g/mol.